The van der Waals surface area contributed by atoms with Gasteiger partial charge < -0.3 is 9.64 Å². The lowest BCUT2D eigenvalue weighted by atomic mass is 9.78. The van der Waals surface area contributed by atoms with Crippen LogP contribution in [0.25, 0.3) is 0 Å². The maximum absolute atomic E-state index is 13.6. The quantitative estimate of drug-likeness (QED) is 0.504. The third-order valence-corrected chi connectivity index (χ3v) is 9.68. The number of sulfonamides is 1. The Hall–Kier alpha value is -2.09. The molecule has 190 valence electrons. The third kappa shape index (κ3) is 6.01. The number of piperidine rings is 2. The number of aryl methyl sites for hydroxylation is 2. The first-order valence-corrected chi connectivity index (χ1v) is 14.2. The van der Waals surface area contributed by atoms with E-state index in [1.165, 1.54) is 0 Å². The topological polar surface area (TPSA) is 66.9 Å². The van der Waals surface area contributed by atoms with Crippen molar-refractivity contribution in [1.82, 2.24) is 9.21 Å². The highest BCUT2D eigenvalue weighted by Crippen LogP contribution is 2.38. The van der Waals surface area contributed by atoms with Crippen LogP contribution in [0.1, 0.15) is 49.7 Å². The fraction of sp³-hybridized carbons (Fsp3) is 0.519. The first-order valence-electron chi connectivity index (χ1n) is 12.4. The zero-order chi connectivity index (χ0) is 25.1. The summed E-state index contributed by atoms with van der Waals surface area (Å²) in [6.45, 7) is 6.26. The number of rotatable bonds is 7. The molecule has 0 spiro atoms. The van der Waals surface area contributed by atoms with Gasteiger partial charge in [-0.1, -0.05) is 29.8 Å². The van der Waals surface area contributed by atoms with E-state index in [1.807, 2.05) is 43.0 Å². The van der Waals surface area contributed by atoms with Crippen LogP contribution in [0, 0.1) is 19.3 Å². The van der Waals surface area contributed by atoms with Gasteiger partial charge in [0.25, 0.3) is 0 Å². The van der Waals surface area contributed by atoms with Gasteiger partial charge in [-0.05, 0) is 81.3 Å². The molecular formula is C27H35ClN2O4S. The van der Waals surface area contributed by atoms with Gasteiger partial charge in [0, 0.05) is 43.0 Å². The number of nitrogens with zero attached hydrogens (tertiary/aromatic N) is 2. The van der Waals surface area contributed by atoms with Crippen LogP contribution in [0.5, 0.6) is 5.75 Å². The highest BCUT2D eigenvalue weighted by molar-refractivity contribution is 7.89. The minimum atomic E-state index is -3.68. The summed E-state index contributed by atoms with van der Waals surface area (Å²) in [4.78, 5) is 15.6. The number of hydrogen-bond acceptors (Lipinski definition) is 4. The van der Waals surface area contributed by atoms with E-state index in [0.29, 0.717) is 28.6 Å². The molecule has 6 nitrogen and oxygen atoms in total. The minimum absolute atomic E-state index is 0.0933. The average molecular weight is 519 g/mol. The summed E-state index contributed by atoms with van der Waals surface area (Å²) in [6, 6.07) is 12.6. The third-order valence-electron chi connectivity index (χ3n) is 7.25. The van der Waals surface area contributed by atoms with Gasteiger partial charge in [-0.3, -0.25) is 4.79 Å². The lowest BCUT2D eigenvalue weighted by Crippen LogP contribution is -2.51. The van der Waals surface area contributed by atoms with Crippen molar-refractivity contribution in [2.75, 3.05) is 32.8 Å². The van der Waals surface area contributed by atoms with E-state index in [2.05, 4.69) is 0 Å². The molecule has 2 aliphatic heterocycles. The van der Waals surface area contributed by atoms with Gasteiger partial charge >= 0.3 is 0 Å². The number of halogens is 1. The minimum Gasteiger partial charge on any atom is -0.493 e. The van der Waals surface area contributed by atoms with E-state index >= 15 is 0 Å². The number of benzene rings is 2. The lowest BCUT2D eigenvalue weighted by Gasteiger charge is -2.42. The number of carbonyl (C=O) groups excluding carboxylic acids is 1. The summed E-state index contributed by atoms with van der Waals surface area (Å²) in [5.41, 5.74) is 1.03. The molecule has 8 heteroatoms. The molecule has 0 aliphatic carbocycles. The molecule has 0 bridgehead atoms. The monoisotopic (exact) mass is 518 g/mol. The van der Waals surface area contributed by atoms with Crippen LogP contribution in [0.15, 0.2) is 47.4 Å². The number of carbonyl (C=O) groups is 1. The molecule has 2 aromatic carbocycles. The molecule has 0 saturated carbocycles. The fourth-order valence-electron chi connectivity index (χ4n) is 5.19. The summed E-state index contributed by atoms with van der Waals surface area (Å²) < 4.78 is 35.0. The highest BCUT2D eigenvalue weighted by Gasteiger charge is 2.43. The predicted octanol–water partition coefficient (Wildman–Crippen LogP) is 5.21. The largest absolute Gasteiger partial charge is 0.493 e. The second-order valence-corrected chi connectivity index (χ2v) is 12.3. The van der Waals surface area contributed by atoms with Crippen LogP contribution >= 0.6 is 11.6 Å². The van der Waals surface area contributed by atoms with Gasteiger partial charge in [-0.25, -0.2) is 8.42 Å². The van der Waals surface area contributed by atoms with Crippen molar-refractivity contribution in [2.24, 2.45) is 5.41 Å². The lowest BCUT2D eigenvalue weighted by molar-refractivity contribution is -0.136. The van der Waals surface area contributed by atoms with Crippen molar-refractivity contribution in [3.63, 3.8) is 0 Å². The van der Waals surface area contributed by atoms with E-state index in [1.54, 1.807) is 22.5 Å². The predicted molar refractivity (Wildman–Crippen MR) is 138 cm³/mol. The Morgan fingerprint density at radius 3 is 2.46 bits per heavy atom. The van der Waals surface area contributed by atoms with Crippen LogP contribution < -0.4 is 4.74 Å². The first kappa shape index (κ1) is 26.0. The molecular weight excluding hydrogens is 484 g/mol. The first-order chi connectivity index (χ1) is 16.7. The summed E-state index contributed by atoms with van der Waals surface area (Å²) >= 11 is 6.17. The van der Waals surface area contributed by atoms with Crippen molar-refractivity contribution < 1.29 is 17.9 Å². The molecule has 2 aromatic rings. The van der Waals surface area contributed by atoms with Gasteiger partial charge in [0.2, 0.25) is 15.9 Å². The van der Waals surface area contributed by atoms with E-state index in [4.69, 9.17) is 16.3 Å². The Kier molecular flexibility index (Phi) is 8.09. The van der Waals surface area contributed by atoms with Crippen molar-refractivity contribution >= 4 is 27.5 Å². The average Bonchev–Trinajstić information content (AvgIpc) is 2.85. The normalized spacial score (nSPS) is 21.6. The second-order valence-electron chi connectivity index (χ2n) is 10.0. The molecule has 35 heavy (non-hydrogen) atoms. The Labute approximate surface area is 214 Å². The number of ether oxygens (including phenoxy) is 1. The Bertz CT molecular complexity index is 1160. The molecule has 2 heterocycles. The number of hydrogen-bond donors (Lipinski definition) is 0. The zero-order valence-electron chi connectivity index (χ0n) is 20.6. The number of likely N-dealkylation sites (tertiary alicyclic amines) is 1. The van der Waals surface area contributed by atoms with Crippen molar-refractivity contribution in [3.8, 4) is 5.75 Å². The maximum Gasteiger partial charge on any atom is 0.243 e. The molecule has 0 N–H and O–H groups in total. The molecule has 1 amide bonds. The van der Waals surface area contributed by atoms with Crippen molar-refractivity contribution in [2.45, 2.75) is 57.3 Å². The fourth-order valence-corrected chi connectivity index (χ4v) is 7.12. The molecule has 0 aromatic heterocycles. The van der Waals surface area contributed by atoms with Gasteiger partial charge in [-0.2, -0.15) is 4.31 Å². The van der Waals surface area contributed by atoms with Crippen LogP contribution in [-0.2, 0) is 14.8 Å². The zero-order valence-corrected chi connectivity index (χ0v) is 22.2. The Balaban J connectivity index is 1.60. The van der Waals surface area contributed by atoms with Crippen LogP contribution in [0.4, 0.5) is 0 Å². The Morgan fingerprint density at radius 1 is 1.00 bits per heavy atom. The SMILES string of the molecule is Cc1cc(OCC2(CC(=O)N3CCCCC3)CCCN(S(=O)(=O)c3ccccc3C)C2)ccc1Cl. The van der Waals surface area contributed by atoms with Crippen molar-refractivity contribution in [3.05, 3.63) is 58.6 Å². The second kappa shape index (κ2) is 10.9. The standard InChI is InChI=1S/C27H35ClN2O4S/c1-21-9-4-5-10-25(21)35(32,33)30-16-8-13-27(19-30,18-26(31)29-14-6-3-7-15-29)20-34-23-11-12-24(28)22(2)17-23/h4-5,9-12,17H,3,6-8,13-16,18-20H2,1-2H3. The van der Waals surface area contributed by atoms with Gasteiger partial charge in [-0.15, -0.1) is 0 Å². The van der Waals surface area contributed by atoms with Gasteiger partial charge in [0.1, 0.15) is 5.75 Å². The number of amides is 1. The molecule has 0 radical (unpaired) electrons. The van der Waals surface area contributed by atoms with E-state index in [0.717, 1.165) is 49.9 Å². The Morgan fingerprint density at radius 2 is 1.74 bits per heavy atom. The molecule has 2 fully saturated rings. The maximum atomic E-state index is 13.6. The van der Waals surface area contributed by atoms with E-state index in [-0.39, 0.29) is 25.5 Å². The molecule has 2 saturated heterocycles. The smallest absolute Gasteiger partial charge is 0.243 e. The van der Waals surface area contributed by atoms with E-state index in [9.17, 15) is 13.2 Å². The van der Waals surface area contributed by atoms with Gasteiger partial charge in [0.15, 0.2) is 0 Å². The summed E-state index contributed by atoms with van der Waals surface area (Å²) in [5.74, 6) is 0.770. The summed E-state index contributed by atoms with van der Waals surface area (Å²) in [5, 5.41) is 0.667. The molecule has 4 rings (SSSR count). The van der Waals surface area contributed by atoms with E-state index < -0.39 is 15.4 Å². The van der Waals surface area contributed by atoms with Crippen LogP contribution in [0.3, 0.4) is 0 Å². The van der Waals surface area contributed by atoms with Gasteiger partial charge in [0.05, 0.1) is 11.5 Å². The van der Waals surface area contributed by atoms with Crippen molar-refractivity contribution in [1.29, 1.82) is 0 Å². The molecule has 1 unspecified atom stereocenters. The summed E-state index contributed by atoms with van der Waals surface area (Å²) in [6.07, 6.45) is 4.89. The van der Waals surface area contributed by atoms with Crippen LogP contribution in [0.2, 0.25) is 5.02 Å². The van der Waals surface area contributed by atoms with Crippen LogP contribution in [-0.4, -0.2) is 56.3 Å². The summed E-state index contributed by atoms with van der Waals surface area (Å²) in [7, 11) is -3.68. The molecule has 2 aliphatic rings. The molecule has 1 atom stereocenters. The highest BCUT2D eigenvalue weighted by atomic mass is 35.5.